The number of rotatable bonds is 5. The second-order valence-electron chi connectivity index (χ2n) is 7.69. The zero-order chi connectivity index (χ0) is 18.8. The fourth-order valence-corrected chi connectivity index (χ4v) is 5.62. The fraction of sp³-hybridized carbons (Fsp3) is 0.833. The van der Waals surface area contributed by atoms with Crippen molar-refractivity contribution in [1.29, 1.82) is 0 Å². The average Bonchev–Trinajstić information content (AvgIpc) is 2.61. The van der Waals surface area contributed by atoms with Crippen LogP contribution in [0.1, 0.15) is 51.4 Å². The Labute approximate surface area is 154 Å². The van der Waals surface area contributed by atoms with E-state index in [-0.39, 0.29) is 50.4 Å². The van der Waals surface area contributed by atoms with Crippen LogP contribution >= 0.6 is 0 Å². The molecule has 2 fully saturated rings. The van der Waals surface area contributed by atoms with Crippen molar-refractivity contribution in [1.82, 2.24) is 9.21 Å². The summed E-state index contributed by atoms with van der Waals surface area (Å²) < 4.78 is 53.0. The van der Waals surface area contributed by atoms with E-state index in [2.05, 4.69) is 6.08 Å². The van der Waals surface area contributed by atoms with E-state index in [0.29, 0.717) is 19.0 Å². The molecule has 0 spiro atoms. The molecule has 0 radical (unpaired) electrons. The van der Waals surface area contributed by atoms with Gasteiger partial charge in [0.2, 0.25) is 15.9 Å². The lowest BCUT2D eigenvalue weighted by Gasteiger charge is -2.35. The Balaban J connectivity index is 1.45. The zero-order valence-corrected chi connectivity index (χ0v) is 15.9. The third-order valence-corrected chi connectivity index (χ3v) is 7.71. The Bertz CT molecular complexity index is 653. The van der Waals surface area contributed by atoms with Gasteiger partial charge < -0.3 is 4.90 Å². The Morgan fingerprint density at radius 3 is 2.65 bits per heavy atom. The lowest BCUT2D eigenvalue weighted by atomic mass is 9.83. The molecular formula is C18H28F2N2O3S. The standard InChI is InChI=1S/C18H28F2N2O3S/c19-18(20)8-11-21(12-9-18)17(23)6-3-13-26(24,25)22-10-7-15-4-1-2-5-16(15)14-22/h5,15H,1-4,6-14H2. The molecule has 2 heterocycles. The second kappa shape index (κ2) is 7.92. The number of likely N-dealkylation sites (tertiary alicyclic amines) is 1. The Hall–Kier alpha value is -1.02. The van der Waals surface area contributed by atoms with Gasteiger partial charge >= 0.3 is 0 Å². The zero-order valence-electron chi connectivity index (χ0n) is 15.1. The van der Waals surface area contributed by atoms with Crippen LogP contribution in [0.4, 0.5) is 8.78 Å². The molecule has 0 saturated carbocycles. The van der Waals surface area contributed by atoms with Crippen LogP contribution in [0.25, 0.3) is 0 Å². The van der Waals surface area contributed by atoms with E-state index < -0.39 is 15.9 Å². The first-order chi connectivity index (χ1) is 12.3. The number of carbonyl (C=O) groups excluding carboxylic acids is 1. The molecule has 1 atom stereocenters. The minimum absolute atomic E-state index is 0.0549. The highest BCUT2D eigenvalue weighted by Crippen LogP contribution is 2.33. The average molecular weight is 390 g/mol. The van der Waals surface area contributed by atoms with E-state index in [0.717, 1.165) is 19.3 Å². The number of nitrogens with zero attached hydrogens (tertiary/aromatic N) is 2. The Kier molecular flexibility index (Phi) is 6.01. The maximum Gasteiger partial charge on any atom is 0.251 e. The molecule has 0 N–H and O–H groups in total. The van der Waals surface area contributed by atoms with E-state index in [9.17, 15) is 22.0 Å². The van der Waals surface area contributed by atoms with Crippen LogP contribution in [-0.4, -0.2) is 61.4 Å². The number of hydrogen-bond acceptors (Lipinski definition) is 3. The quantitative estimate of drug-likeness (QED) is 0.679. The number of allylic oxidation sites excluding steroid dienone is 1. The summed E-state index contributed by atoms with van der Waals surface area (Å²) in [6.07, 6.45) is 6.17. The number of carbonyl (C=O) groups is 1. The van der Waals surface area contributed by atoms with Gasteiger partial charge in [-0.25, -0.2) is 17.2 Å². The van der Waals surface area contributed by atoms with Gasteiger partial charge in [-0.15, -0.1) is 0 Å². The predicted molar refractivity (Wildman–Crippen MR) is 95.4 cm³/mol. The van der Waals surface area contributed by atoms with Gasteiger partial charge in [-0.05, 0) is 38.0 Å². The Morgan fingerprint density at radius 1 is 1.19 bits per heavy atom. The number of fused-ring (bicyclic) bond motifs is 1. The highest BCUT2D eigenvalue weighted by atomic mass is 32.2. The van der Waals surface area contributed by atoms with Gasteiger partial charge in [-0.3, -0.25) is 4.79 Å². The topological polar surface area (TPSA) is 57.7 Å². The van der Waals surface area contributed by atoms with Crippen molar-refractivity contribution in [3.63, 3.8) is 0 Å². The van der Waals surface area contributed by atoms with Gasteiger partial charge in [0.1, 0.15) is 0 Å². The van der Waals surface area contributed by atoms with Gasteiger partial charge in [-0.1, -0.05) is 11.6 Å². The SMILES string of the molecule is O=C(CCCS(=O)(=O)N1CCC2CCCC=C2C1)N1CCC(F)(F)CC1. The van der Waals surface area contributed by atoms with Crippen LogP contribution in [0.15, 0.2) is 11.6 Å². The molecule has 3 rings (SSSR count). The first kappa shape index (κ1) is 19.7. The van der Waals surface area contributed by atoms with Gasteiger partial charge in [0.05, 0.1) is 5.75 Å². The first-order valence-electron chi connectivity index (χ1n) is 9.59. The smallest absolute Gasteiger partial charge is 0.251 e. The van der Waals surface area contributed by atoms with Crippen molar-refractivity contribution < 1.29 is 22.0 Å². The highest BCUT2D eigenvalue weighted by Gasteiger charge is 2.36. The normalized spacial score (nSPS) is 26.9. The van der Waals surface area contributed by atoms with Crippen molar-refractivity contribution >= 4 is 15.9 Å². The molecule has 8 heteroatoms. The molecule has 2 saturated heterocycles. The van der Waals surface area contributed by atoms with E-state index in [1.807, 2.05) is 0 Å². The minimum atomic E-state index is -3.38. The molecular weight excluding hydrogens is 362 g/mol. The van der Waals surface area contributed by atoms with Gasteiger partial charge in [0.25, 0.3) is 5.92 Å². The number of halogens is 2. The number of sulfonamides is 1. The largest absolute Gasteiger partial charge is 0.342 e. The van der Waals surface area contributed by atoms with Crippen molar-refractivity contribution in [2.75, 3.05) is 31.9 Å². The number of hydrogen-bond donors (Lipinski definition) is 0. The van der Waals surface area contributed by atoms with Crippen LogP contribution in [-0.2, 0) is 14.8 Å². The predicted octanol–water partition coefficient (Wildman–Crippen LogP) is 2.79. The fourth-order valence-electron chi connectivity index (χ4n) is 4.12. The second-order valence-corrected chi connectivity index (χ2v) is 9.77. The molecule has 26 heavy (non-hydrogen) atoms. The van der Waals surface area contributed by atoms with E-state index in [1.54, 1.807) is 4.31 Å². The molecule has 0 bridgehead atoms. The van der Waals surface area contributed by atoms with Gasteiger partial charge in [0, 0.05) is 45.4 Å². The molecule has 2 aliphatic heterocycles. The van der Waals surface area contributed by atoms with Crippen molar-refractivity contribution in [2.45, 2.75) is 57.3 Å². The molecule has 5 nitrogen and oxygen atoms in total. The summed E-state index contributed by atoms with van der Waals surface area (Å²) in [5.41, 5.74) is 1.25. The van der Waals surface area contributed by atoms with Crippen LogP contribution in [0.5, 0.6) is 0 Å². The molecule has 0 aromatic heterocycles. The molecule has 1 unspecified atom stereocenters. The summed E-state index contributed by atoms with van der Waals surface area (Å²) in [7, 11) is -3.38. The van der Waals surface area contributed by atoms with Crippen molar-refractivity contribution in [3.8, 4) is 0 Å². The third-order valence-electron chi connectivity index (χ3n) is 5.81. The van der Waals surface area contributed by atoms with E-state index >= 15 is 0 Å². The highest BCUT2D eigenvalue weighted by molar-refractivity contribution is 7.89. The maximum atomic E-state index is 13.1. The summed E-state index contributed by atoms with van der Waals surface area (Å²) in [5.74, 6) is -2.42. The Morgan fingerprint density at radius 2 is 1.92 bits per heavy atom. The van der Waals surface area contributed by atoms with Crippen LogP contribution in [0, 0.1) is 5.92 Å². The summed E-state index contributed by atoms with van der Waals surface area (Å²) in [6, 6.07) is 0. The first-order valence-corrected chi connectivity index (χ1v) is 11.2. The minimum Gasteiger partial charge on any atom is -0.342 e. The van der Waals surface area contributed by atoms with Crippen molar-refractivity contribution in [3.05, 3.63) is 11.6 Å². The van der Waals surface area contributed by atoms with Gasteiger partial charge in [-0.2, -0.15) is 4.31 Å². The third kappa shape index (κ3) is 4.82. The number of alkyl halides is 2. The molecule has 3 aliphatic rings. The summed E-state index contributed by atoms with van der Waals surface area (Å²) in [6.45, 7) is 1.15. The van der Waals surface area contributed by atoms with Crippen LogP contribution in [0.2, 0.25) is 0 Å². The summed E-state index contributed by atoms with van der Waals surface area (Å²) in [4.78, 5) is 13.6. The van der Waals surface area contributed by atoms with Crippen molar-refractivity contribution in [2.24, 2.45) is 5.92 Å². The number of piperidine rings is 2. The van der Waals surface area contributed by atoms with Crippen LogP contribution in [0.3, 0.4) is 0 Å². The lowest BCUT2D eigenvalue weighted by Crippen LogP contribution is -2.43. The van der Waals surface area contributed by atoms with E-state index in [4.69, 9.17) is 0 Å². The van der Waals surface area contributed by atoms with E-state index in [1.165, 1.54) is 16.9 Å². The monoisotopic (exact) mass is 390 g/mol. The summed E-state index contributed by atoms with van der Waals surface area (Å²) >= 11 is 0. The number of amides is 1. The summed E-state index contributed by atoms with van der Waals surface area (Å²) in [5, 5.41) is 0. The molecule has 0 aromatic rings. The molecule has 1 aliphatic carbocycles. The lowest BCUT2D eigenvalue weighted by molar-refractivity contribution is -0.137. The molecule has 148 valence electrons. The van der Waals surface area contributed by atoms with Crippen LogP contribution < -0.4 is 0 Å². The molecule has 1 amide bonds. The van der Waals surface area contributed by atoms with Gasteiger partial charge in [0.15, 0.2) is 0 Å². The maximum absolute atomic E-state index is 13.1. The molecule has 0 aromatic carbocycles.